The van der Waals surface area contributed by atoms with Gasteiger partial charge in [0.15, 0.2) is 0 Å². The molecule has 1 unspecified atom stereocenters. The Morgan fingerprint density at radius 2 is 2.03 bits per heavy atom. The van der Waals surface area contributed by atoms with Gasteiger partial charge in [0.05, 0.1) is 19.4 Å². The number of esters is 1. The highest BCUT2D eigenvalue weighted by Gasteiger charge is 2.13. The average molecular weight is 399 g/mol. The molecule has 1 atom stereocenters. The third-order valence-corrected chi connectivity index (χ3v) is 5.14. The zero-order chi connectivity index (χ0) is 20.9. The number of hydrogen-bond acceptors (Lipinski definition) is 4. The van der Waals surface area contributed by atoms with Crippen molar-refractivity contribution >= 4 is 12.0 Å². The second kappa shape index (κ2) is 12.9. The summed E-state index contributed by atoms with van der Waals surface area (Å²) in [5, 5.41) is 17.6. The van der Waals surface area contributed by atoms with Crippen molar-refractivity contribution in [3.05, 3.63) is 47.8 Å². The molecule has 0 radical (unpaired) electrons. The topological polar surface area (TPSA) is 75.2 Å². The average Bonchev–Trinajstić information content (AvgIpc) is 3.27. The molecule has 5 nitrogen and oxygen atoms in total. The van der Waals surface area contributed by atoms with Gasteiger partial charge in [0, 0.05) is 18.2 Å². The number of hydrogen-bond donors (Lipinski definition) is 2. The van der Waals surface area contributed by atoms with Crippen LogP contribution in [-0.4, -0.2) is 28.4 Å². The predicted octanol–water partition coefficient (Wildman–Crippen LogP) is 5.83. The van der Waals surface area contributed by atoms with Gasteiger partial charge < -0.3 is 9.84 Å². The van der Waals surface area contributed by atoms with E-state index in [0.717, 1.165) is 28.7 Å². The van der Waals surface area contributed by atoms with Crippen molar-refractivity contribution in [1.82, 2.24) is 10.2 Å². The maximum atomic E-state index is 11.3. The molecule has 29 heavy (non-hydrogen) atoms. The maximum Gasteiger partial charge on any atom is 0.305 e. The highest BCUT2D eigenvalue weighted by atomic mass is 16.5. The largest absolute Gasteiger partial charge is 0.469 e. The first-order chi connectivity index (χ1) is 14.2. The Kier molecular flexibility index (Phi) is 10.2. The van der Waals surface area contributed by atoms with Gasteiger partial charge in [0.1, 0.15) is 0 Å². The summed E-state index contributed by atoms with van der Waals surface area (Å²) in [6, 6.07) is 6.08. The van der Waals surface area contributed by atoms with Crippen LogP contribution in [0.15, 0.2) is 36.7 Å². The van der Waals surface area contributed by atoms with E-state index >= 15 is 0 Å². The van der Waals surface area contributed by atoms with Gasteiger partial charge in [-0.25, -0.2) is 0 Å². The van der Waals surface area contributed by atoms with Crippen molar-refractivity contribution in [2.24, 2.45) is 0 Å². The van der Waals surface area contributed by atoms with E-state index in [1.807, 2.05) is 18.3 Å². The number of ether oxygens (including phenoxy) is 1. The van der Waals surface area contributed by atoms with Crippen molar-refractivity contribution in [3.8, 4) is 11.1 Å². The summed E-state index contributed by atoms with van der Waals surface area (Å²) >= 11 is 0. The fourth-order valence-electron chi connectivity index (χ4n) is 3.38. The lowest BCUT2D eigenvalue weighted by Crippen LogP contribution is -2.04. The maximum absolute atomic E-state index is 11.3. The molecular formula is C24H34N2O3. The number of allylic oxidation sites excluding steroid dienone is 1. The van der Waals surface area contributed by atoms with E-state index in [0.29, 0.717) is 19.3 Å². The minimum atomic E-state index is -0.609. The Hall–Kier alpha value is -2.40. The fourth-order valence-corrected chi connectivity index (χ4v) is 3.38. The summed E-state index contributed by atoms with van der Waals surface area (Å²) in [7, 11) is 1.39. The van der Waals surface area contributed by atoms with E-state index in [2.05, 4.69) is 40.1 Å². The van der Waals surface area contributed by atoms with E-state index in [-0.39, 0.29) is 5.97 Å². The number of unbranched alkanes of at least 4 members (excludes halogenated alkanes) is 5. The molecule has 2 rings (SSSR count). The molecule has 0 spiro atoms. The molecule has 5 heteroatoms. The van der Waals surface area contributed by atoms with Crippen LogP contribution in [0.2, 0.25) is 0 Å². The second-order valence-electron chi connectivity index (χ2n) is 7.42. The molecule has 2 aromatic rings. The van der Waals surface area contributed by atoms with Crippen molar-refractivity contribution in [2.45, 2.75) is 70.8 Å². The van der Waals surface area contributed by atoms with Crippen LogP contribution in [0.5, 0.6) is 0 Å². The summed E-state index contributed by atoms with van der Waals surface area (Å²) in [5.74, 6) is -0.240. The summed E-state index contributed by atoms with van der Waals surface area (Å²) in [4.78, 5) is 11.3. The van der Waals surface area contributed by atoms with Gasteiger partial charge in [0.25, 0.3) is 0 Å². The Bertz CT molecular complexity index is 753. The first kappa shape index (κ1) is 22.9. The third-order valence-electron chi connectivity index (χ3n) is 5.14. The number of benzene rings is 1. The van der Waals surface area contributed by atoms with Crippen LogP contribution in [0.1, 0.15) is 81.9 Å². The number of methoxy groups -OCH3 is 1. The number of aromatic nitrogens is 2. The lowest BCUT2D eigenvalue weighted by molar-refractivity contribution is -0.140. The molecule has 2 N–H and O–H groups in total. The van der Waals surface area contributed by atoms with Crippen LogP contribution in [0.3, 0.4) is 0 Å². The Balaban J connectivity index is 2.06. The minimum Gasteiger partial charge on any atom is -0.469 e. The predicted molar refractivity (Wildman–Crippen MR) is 117 cm³/mol. The van der Waals surface area contributed by atoms with Gasteiger partial charge in [0.2, 0.25) is 0 Å². The molecule has 0 bridgehead atoms. The lowest BCUT2D eigenvalue weighted by Gasteiger charge is -2.15. The van der Waals surface area contributed by atoms with Crippen LogP contribution in [0.25, 0.3) is 17.2 Å². The molecule has 1 aromatic carbocycles. The van der Waals surface area contributed by atoms with Gasteiger partial charge in [-0.3, -0.25) is 9.89 Å². The third kappa shape index (κ3) is 7.86. The number of aromatic amines is 1. The number of carbonyl (C=O) groups is 1. The molecule has 0 amide bonds. The first-order valence-electron chi connectivity index (χ1n) is 10.7. The van der Waals surface area contributed by atoms with E-state index in [1.165, 1.54) is 39.2 Å². The molecule has 0 aliphatic heterocycles. The Morgan fingerprint density at radius 3 is 2.76 bits per heavy atom. The molecule has 0 saturated carbocycles. The monoisotopic (exact) mass is 398 g/mol. The van der Waals surface area contributed by atoms with Gasteiger partial charge in [-0.05, 0) is 48.4 Å². The van der Waals surface area contributed by atoms with Gasteiger partial charge in [-0.1, -0.05) is 56.9 Å². The number of rotatable bonds is 13. The number of carbonyl (C=O) groups excluding carboxylic acids is 1. The number of nitrogens with zero attached hydrogens (tertiary/aromatic N) is 1. The van der Waals surface area contributed by atoms with Crippen molar-refractivity contribution in [2.75, 3.05) is 7.11 Å². The Labute approximate surface area is 174 Å². The highest BCUT2D eigenvalue weighted by Crippen LogP contribution is 2.29. The lowest BCUT2D eigenvalue weighted by atomic mass is 9.94. The zero-order valence-electron chi connectivity index (χ0n) is 17.7. The molecule has 0 aliphatic rings. The number of aliphatic hydroxyl groups is 1. The molecular weight excluding hydrogens is 364 g/mol. The van der Waals surface area contributed by atoms with E-state index in [4.69, 9.17) is 0 Å². The van der Waals surface area contributed by atoms with Crippen LogP contribution in [-0.2, 0) is 9.53 Å². The first-order valence-corrected chi connectivity index (χ1v) is 10.7. The van der Waals surface area contributed by atoms with Crippen LogP contribution < -0.4 is 0 Å². The standard InChI is InChI=1S/C24H34N2O3/c1-3-4-5-6-7-8-9-11-20-16-19(21-17-25-26-18-21)14-15-22(20)23(27)12-10-13-24(28)29-2/h9,11,14-18,23,27H,3-8,10,12-13H2,1-2H3,(H,25,26)/b11-9+. The van der Waals surface area contributed by atoms with Crippen molar-refractivity contribution < 1.29 is 14.6 Å². The summed E-state index contributed by atoms with van der Waals surface area (Å²) < 4.78 is 4.68. The molecule has 1 aromatic heterocycles. The van der Waals surface area contributed by atoms with E-state index in [1.54, 1.807) is 6.20 Å². The van der Waals surface area contributed by atoms with Gasteiger partial charge in [-0.15, -0.1) is 0 Å². The minimum absolute atomic E-state index is 0.240. The van der Waals surface area contributed by atoms with Crippen LogP contribution >= 0.6 is 0 Å². The SMILES string of the molecule is CCCCCCC/C=C/c1cc(-c2cn[nH]c2)ccc1C(O)CCCC(=O)OC. The summed E-state index contributed by atoms with van der Waals surface area (Å²) in [5.41, 5.74) is 3.99. The number of H-pyrrole nitrogens is 1. The number of aliphatic hydroxyl groups excluding tert-OH is 1. The normalized spacial score (nSPS) is 12.4. The van der Waals surface area contributed by atoms with E-state index in [9.17, 15) is 9.90 Å². The highest BCUT2D eigenvalue weighted by molar-refractivity contribution is 5.69. The van der Waals surface area contributed by atoms with Gasteiger partial charge in [-0.2, -0.15) is 5.10 Å². The molecule has 0 aliphatic carbocycles. The zero-order valence-corrected chi connectivity index (χ0v) is 17.7. The molecule has 158 valence electrons. The smallest absolute Gasteiger partial charge is 0.305 e. The van der Waals surface area contributed by atoms with Crippen molar-refractivity contribution in [3.63, 3.8) is 0 Å². The summed E-state index contributed by atoms with van der Waals surface area (Å²) in [6.45, 7) is 2.23. The van der Waals surface area contributed by atoms with Crippen LogP contribution in [0, 0.1) is 0 Å². The van der Waals surface area contributed by atoms with Gasteiger partial charge >= 0.3 is 5.97 Å². The summed E-state index contributed by atoms with van der Waals surface area (Å²) in [6.07, 6.45) is 16.2. The molecule has 1 heterocycles. The van der Waals surface area contributed by atoms with Crippen LogP contribution in [0.4, 0.5) is 0 Å². The Morgan fingerprint density at radius 1 is 1.21 bits per heavy atom. The van der Waals surface area contributed by atoms with E-state index < -0.39 is 6.10 Å². The quantitative estimate of drug-likeness (QED) is 0.329. The molecule has 0 fully saturated rings. The second-order valence-corrected chi connectivity index (χ2v) is 7.42. The van der Waals surface area contributed by atoms with Crippen molar-refractivity contribution in [1.29, 1.82) is 0 Å². The molecule has 0 saturated heterocycles. The fraction of sp³-hybridized carbons (Fsp3) is 0.500. The number of nitrogens with one attached hydrogen (secondary N) is 1.